The first kappa shape index (κ1) is 37.3. The topological polar surface area (TPSA) is 76.5 Å². The molecule has 0 fully saturated rings. The second-order valence-electron chi connectivity index (χ2n) is 14.1. The van der Waals surface area contributed by atoms with Gasteiger partial charge in [0.15, 0.2) is 5.78 Å². The molecular formula is C44H48IrNO4-. The van der Waals surface area contributed by atoms with Crippen LogP contribution in [0.3, 0.4) is 0 Å². The fourth-order valence-corrected chi connectivity index (χ4v) is 7.47. The zero-order valence-electron chi connectivity index (χ0n) is 30.4. The average Bonchev–Trinajstić information content (AvgIpc) is 3.74. The van der Waals surface area contributed by atoms with Crippen LogP contribution in [0.5, 0.6) is 0 Å². The maximum atomic E-state index is 11.7. The summed E-state index contributed by atoms with van der Waals surface area (Å²) in [6.07, 6.45) is 4.91. The van der Waals surface area contributed by atoms with Crippen molar-refractivity contribution in [3.05, 3.63) is 101 Å². The van der Waals surface area contributed by atoms with Crippen molar-refractivity contribution in [1.29, 1.82) is 0 Å². The Labute approximate surface area is 309 Å². The van der Waals surface area contributed by atoms with E-state index in [9.17, 15) is 9.90 Å². The van der Waals surface area contributed by atoms with E-state index in [1.807, 2.05) is 45.9 Å². The van der Waals surface area contributed by atoms with Crippen LogP contribution in [0, 0.1) is 17.9 Å². The molecule has 1 N–H and O–H groups in total. The largest absolute Gasteiger partial charge is 0.512 e. The minimum atomic E-state index is -0.235. The summed E-state index contributed by atoms with van der Waals surface area (Å²) in [6, 6.07) is 26.5. The Hall–Kier alpha value is -3.99. The number of aliphatic hydroxyl groups is 1. The molecule has 1 aliphatic carbocycles. The van der Waals surface area contributed by atoms with Crippen molar-refractivity contribution in [1.82, 2.24) is 4.98 Å². The normalized spacial score (nSPS) is 13.5. The van der Waals surface area contributed by atoms with Crippen molar-refractivity contribution in [2.45, 2.75) is 92.4 Å². The Morgan fingerprint density at radius 2 is 1.52 bits per heavy atom. The van der Waals surface area contributed by atoms with E-state index in [1.165, 1.54) is 28.2 Å². The molecule has 0 aliphatic heterocycles. The Morgan fingerprint density at radius 3 is 2.20 bits per heavy atom. The Morgan fingerprint density at radius 1 is 0.840 bits per heavy atom. The number of para-hydroxylation sites is 1. The first-order valence-corrected chi connectivity index (χ1v) is 17.9. The Balaban J connectivity index is 0.000000261. The SMILES string of the molecule is CC(C)c1ccc2oc3nc(-c4[c-]ccc5c4C(C)(C)c4c-5oc5ccccc45)ccc3c2c1.CCC(CC)C(=O)/C=C(\O)C(CC)CC.[Ir]. The van der Waals surface area contributed by atoms with Crippen molar-refractivity contribution >= 4 is 38.8 Å². The number of aromatic nitrogens is 1. The zero-order chi connectivity index (χ0) is 35.0. The summed E-state index contributed by atoms with van der Waals surface area (Å²) in [7, 11) is 0. The number of benzene rings is 3. The van der Waals surface area contributed by atoms with Crippen molar-refractivity contribution in [3.8, 4) is 22.6 Å². The van der Waals surface area contributed by atoms with Gasteiger partial charge in [-0.3, -0.25) is 9.78 Å². The van der Waals surface area contributed by atoms with E-state index in [1.54, 1.807) is 0 Å². The predicted molar refractivity (Wildman–Crippen MR) is 201 cm³/mol. The van der Waals surface area contributed by atoms with Crippen molar-refractivity contribution in [2.75, 3.05) is 0 Å². The van der Waals surface area contributed by atoms with Crippen LogP contribution in [-0.4, -0.2) is 15.9 Å². The van der Waals surface area contributed by atoms with E-state index in [0.29, 0.717) is 11.6 Å². The summed E-state index contributed by atoms with van der Waals surface area (Å²) >= 11 is 0. The van der Waals surface area contributed by atoms with Crippen LogP contribution < -0.4 is 0 Å². The van der Waals surface area contributed by atoms with Crippen LogP contribution in [0.1, 0.15) is 104 Å². The van der Waals surface area contributed by atoms with Gasteiger partial charge in [0.1, 0.15) is 16.9 Å². The molecule has 263 valence electrons. The quantitative estimate of drug-likeness (QED) is 0.0891. The molecule has 0 amide bonds. The number of rotatable bonds is 9. The number of hydrogen-bond donors (Lipinski definition) is 1. The van der Waals surface area contributed by atoms with E-state index in [0.717, 1.165) is 70.2 Å². The van der Waals surface area contributed by atoms with Gasteiger partial charge in [0.25, 0.3) is 0 Å². The zero-order valence-corrected chi connectivity index (χ0v) is 32.8. The minimum absolute atomic E-state index is 0. The van der Waals surface area contributed by atoms with E-state index in [-0.39, 0.29) is 48.9 Å². The molecule has 0 unspecified atom stereocenters. The number of furan rings is 2. The van der Waals surface area contributed by atoms with Crippen LogP contribution in [0.15, 0.2) is 87.4 Å². The van der Waals surface area contributed by atoms with Crippen LogP contribution in [0.2, 0.25) is 0 Å². The number of ketones is 1. The number of aliphatic hydroxyl groups excluding tert-OH is 1. The van der Waals surface area contributed by atoms with E-state index >= 15 is 0 Å². The number of hydrogen-bond acceptors (Lipinski definition) is 5. The van der Waals surface area contributed by atoms with Crippen LogP contribution in [0.25, 0.3) is 55.6 Å². The molecule has 0 spiro atoms. The molecule has 50 heavy (non-hydrogen) atoms. The molecule has 7 rings (SSSR count). The third-order valence-electron chi connectivity index (χ3n) is 10.5. The molecular weight excluding hydrogens is 799 g/mol. The maximum absolute atomic E-state index is 11.7. The Bertz CT molecular complexity index is 2180. The van der Waals surface area contributed by atoms with Gasteiger partial charge in [-0.25, -0.2) is 0 Å². The van der Waals surface area contributed by atoms with Gasteiger partial charge >= 0.3 is 0 Å². The average molecular weight is 847 g/mol. The van der Waals surface area contributed by atoms with E-state index < -0.39 is 0 Å². The molecule has 0 saturated carbocycles. The van der Waals surface area contributed by atoms with Gasteiger partial charge in [0.2, 0.25) is 5.71 Å². The molecule has 3 aromatic carbocycles. The van der Waals surface area contributed by atoms with Crippen molar-refractivity contribution in [2.24, 2.45) is 11.8 Å². The van der Waals surface area contributed by atoms with Crippen molar-refractivity contribution in [3.63, 3.8) is 0 Å². The van der Waals surface area contributed by atoms with Gasteiger partial charge in [0.05, 0.1) is 5.76 Å². The molecule has 0 saturated heterocycles. The fourth-order valence-electron chi connectivity index (χ4n) is 7.47. The van der Waals surface area contributed by atoms with E-state index in [2.05, 4.69) is 82.3 Å². The van der Waals surface area contributed by atoms with Crippen LogP contribution in [-0.2, 0) is 30.3 Å². The Kier molecular flexibility index (Phi) is 11.2. The summed E-state index contributed by atoms with van der Waals surface area (Å²) < 4.78 is 12.5. The number of nitrogens with zero attached hydrogens (tertiary/aromatic N) is 1. The summed E-state index contributed by atoms with van der Waals surface area (Å²) in [5.74, 6) is 1.97. The smallest absolute Gasteiger partial charge is 0.218 e. The first-order valence-electron chi connectivity index (χ1n) is 17.9. The van der Waals surface area contributed by atoms with Gasteiger partial charge in [-0.2, -0.15) is 0 Å². The second-order valence-corrected chi connectivity index (χ2v) is 14.1. The number of carbonyl (C=O) groups excluding carboxylic acids is 1. The van der Waals surface area contributed by atoms with Crippen molar-refractivity contribution < 1.29 is 38.8 Å². The number of fused-ring (bicyclic) bond motifs is 8. The minimum Gasteiger partial charge on any atom is -0.512 e. The van der Waals surface area contributed by atoms with Gasteiger partial charge in [0, 0.05) is 59.7 Å². The summed E-state index contributed by atoms with van der Waals surface area (Å²) in [5, 5.41) is 13.1. The number of allylic oxidation sites excluding steroid dienone is 2. The summed E-state index contributed by atoms with van der Waals surface area (Å²) in [4.78, 5) is 16.7. The van der Waals surface area contributed by atoms with Gasteiger partial charge in [-0.05, 0) is 66.5 Å². The predicted octanol–water partition coefficient (Wildman–Crippen LogP) is 12.5. The third-order valence-corrected chi connectivity index (χ3v) is 10.5. The molecule has 6 aromatic rings. The van der Waals surface area contributed by atoms with Gasteiger partial charge in [-0.1, -0.05) is 97.4 Å². The molecule has 1 radical (unpaired) electrons. The summed E-state index contributed by atoms with van der Waals surface area (Å²) in [6.45, 7) is 17.0. The fraction of sp³-hybridized carbons (Fsp3) is 0.364. The van der Waals surface area contributed by atoms with Gasteiger partial charge < -0.3 is 13.9 Å². The molecule has 3 heterocycles. The molecule has 6 heteroatoms. The number of pyridine rings is 1. The second kappa shape index (κ2) is 15.1. The van der Waals surface area contributed by atoms with Gasteiger partial charge in [-0.15, -0.1) is 29.3 Å². The van der Waals surface area contributed by atoms with Crippen LogP contribution >= 0.6 is 0 Å². The molecule has 3 aromatic heterocycles. The standard InChI is InChI=1S/C31H24NO2.C13H24O2.Ir/c1-17(2)18-12-15-26-23(16-18)19-13-14-24(32-30(19)34-26)20-9-7-10-22-27(20)31(3,4)28-21-8-5-6-11-25(21)33-29(22)28;1-5-10(6-2)12(14)9-13(15)11(7-3)8-4;/h5-8,10-17H,1-4H3;9-11,14H,5-8H2,1-4H3;/q-1;;/b;12-9-;. The summed E-state index contributed by atoms with van der Waals surface area (Å²) in [5.41, 5.74) is 8.98. The molecule has 1 aliphatic rings. The number of carbonyl (C=O) groups is 1. The molecule has 0 atom stereocenters. The monoisotopic (exact) mass is 847 g/mol. The first-order chi connectivity index (χ1) is 23.5. The maximum Gasteiger partial charge on any atom is 0.218 e. The molecule has 5 nitrogen and oxygen atoms in total. The molecule has 0 bridgehead atoms. The third kappa shape index (κ3) is 6.61. The van der Waals surface area contributed by atoms with E-state index in [4.69, 9.17) is 13.8 Å². The van der Waals surface area contributed by atoms with Crippen LogP contribution in [0.4, 0.5) is 0 Å².